The van der Waals surface area contributed by atoms with Gasteiger partial charge < -0.3 is 9.73 Å². The summed E-state index contributed by atoms with van der Waals surface area (Å²) < 4.78 is 56.1. The van der Waals surface area contributed by atoms with Gasteiger partial charge in [0, 0.05) is 6.54 Å². The molecule has 1 aromatic heterocycles. The molecule has 0 unspecified atom stereocenters. The number of furan rings is 1. The Hall–Kier alpha value is -1.82. The zero-order valence-electron chi connectivity index (χ0n) is 10.7. The maximum Gasteiger partial charge on any atom is 0.416 e. The molecule has 0 aliphatic heterocycles. The lowest BCUT2D eigenvalue weighted by molar-refractivity contribution is -0.137. The molecule has 6 heteroatoms. The van der Waals surface area contributed by atoms with Gasteiger partial charge in [-0.1, -0.05) is 0 Å². The van der Waals surface area contributed by atoms with Gasteiger partial charge in [0.05, 0.1) is 12.1 Å². The Bertz CT molecular complexity index is 589. The van der Waals surface area contributed by atoms with Crippen LogP contribution >= 0.6 is 0 Å². The molecule has 2 aromatic rings. The highest BCUT2D eigenvalue weighted by atomic mass is 19.4. The van der Waals surface area contributed by atoms with Crippen molar-refractivity contribution in [2.45, 2.75) is 26.2 Å². The minimum absolute atomic E-state index is 0.126. The fraction of sp³-hybridized carbons (Fsp3) is 0.286. The van der Waals surface area contributed by atoms with Crippen LogP contribution in [-0.2, 0) is 19.3 Å². The fourth-order valence-electron chi connectivity index (χ4n) is 1.83. The number of rotatable bonds is 4. The molecule has 0 saturated heterocycles. The second kappa shape index (κ2) is 5.66. The van der Waals surface area contributed by atoms with Gasteiger partial charge in [-0.05, 0) is 42.8 Å². The first kappa shape index (κ1) is 14.6. The van der Waals surface area contributed by atoms with Crippen LogP contribution < -0.4 is 5.32 Å². The first-order valence-corrected chi connectivity index (χ1v) is 5.97. The van der Waals surface area contributed by atoms with E-state index in [1.165, 1.54) is 0 Å². The number of benzene rings is 1. The van der Waals surface area contributed by atoms with Crippen LogP contribution in [0.15, 0.2) is 34.7 Å². The van der Waals surface area contributed by atoms with E-state index in [0.717, 1.165) is 17.9 Å². The van der Waals surface area contributed by atoms with Crippen molar-refractivity contribution in [3.63, 3.8) is 0 Å². The molecule has 1 heterocycles. The Morgan fingerprint density at radius 1 is 1.10 bits per heavy atom. The molecule has 0 amide bonds. The fourth-order valence-corrected chi connectivity index (χ4v) is 1.83. The monoisotopic (exact) mass is 287 g/mol. The van der Waals surface area contributed by atoms with Gasteiger partial charge in [-0.2, -0.15) is 13.2 Å². The molecule has 0 aliphatic carbocycles. The number of hydrogen-bond acceptors (Lipinski definition) is 2. The third kappa shape index (κ3) is 3.84. The lowest BCUT2D eigenvalue weighted by Gasteiger charge is -2.10. The van der Waals surface area contributed by atoms with Gasteiger partial charge >= 0.3 is 6.18 Å². The van der Waals surface area contributed by atoms with E-state index in [2.05, 4.69) is 5.32 Å². The van der Waals surface area contributed by atoms with Crippen molar-refractivity contribution >= 4 is 0 Å². The van der Waals surface area contributed by atoms with Crippen LogP contribution in [0.4, 0.5) is 17.6 Å². The summed E-state index contributed by atoms with van der Waals surface area (Å²) in [5.41, 5.74) is -0.747. The van der Waals surface area contributed by atoms with Crippen LogP contribution in [0.25, 0.3) is 0 Å². The normalized spacial score (nSPS) is 11.8. The Morgan fingerprint density at radius 2 is 1.85 bits per heavy atom. The van der Waals surface area contributed by atoms with Crippen LogP contribution in [0.5, 0.6) is 0 Å². The van der Waals surface area contributed by atoms with E-state index in [9.17, 15) is 17.6 Å². The van der Waals surface area contributed by atoms with Crippen molar-refractivity contribution in [2.75, 3.05) is 0 Å². The zero-order chi connectivity index (χ0) is 14.8. The van der Waals surface area contributed by atoms with Crippen LogP contribution in [0.1, 0.15) is 22.6 Å². The molecule has 108 valence electrons. The van der Waals surface area contributed by atoms with E-state index in [0.29, 0.717) is 18.4 Å². The molecular weight excluding hydrogens is 274 g/mol. The number of halogens is 4. The first-order valence-electron chi connectivity index (χ1n) is 5.97. The summed E-state index contributed by atoms with van der Waals surface area (Å²) in [7, 11) is 0. The van der Waals surface area contributed by atoms with Gasteiger partial charge in [0.25, 0.3) is 0 Å². The molecule has 1 N–H and O–H groups in total. The van der Waals surface area contributed by atoms with Crippen LogP contribution in [0.3, 0.4) is 0 Å². The molecule has 0 atom stereocenters. The van der Waals surface area contributed by atoms with Crippen LogP contribution in [0, 0.1) is 12.7 Å². The summed E-state index contributed by atoms with van der Waals surface area (Å²) in [5, 5.41) is 2.91. The molecule has 2 nitrogen and oxygen atoms in total. The molecule has 1 aromatic carbocycles. The van der Waals surface area contributed by atoms with E-state index < -0.39 is 17.6 Å². The van der Waals surface area contributed by atoms with Gasteiger partial charge in [0.15, 0.2) is 0 Å². The number of hydrogen-bond donors (Lipinski definition) is 1. The highest BCUT2D eigenvalue weighted by molar-refractivity contribution is 5.26. The topological polar surface area (TPSA) is 25.2 Å². The summed E-state index contributed by atoms with van der Waals surface area (Å²) in [4.78, 5) is 0. The summed E-state index contributed by atoms with van der Waals surface area (Å²) in [6.07, 6.45) is -4.55. The third-order valence-electron chi connectivity index (χ3n) is 2.71. The van der Waals surface area contributed by atoms with Gasteiger partial charge in [-0.15, -0.1) is 0 Å². The largest absolute Gasteiger partial charge is 0.465 e. The van der Waals surface area contributed by atoms with Crippen LogP contribution in [0.2, 0.25) is 0 Å². The molecule has 0 spiro atoms. The van der Waals surface area contributed by atoms with Gasteiger partial charge in [-0.3, -0.25) is 0 Å². The Balaban J connectivity index is 2.00. The van der Waals surface area contributed by atoms with Crippen molar-refractivity contribution in [1.82, 2.24) is 5.32 Å². The quantitative estimate of drug-likeness (QED) is 0.859. The molecule has 2 rings (SSSR count). The Morgan fingerprint density at radius 3 is 2.45 bits per heavy atom. The van der Waals surface area contributed by atoms with Crippen molar-refractivity contribution in [3.8, 4) is 0 Å². The van der Waals surface area contributed by atoms with Crippen molar-refractivity contribution in [1.29, 1.82) is 0 Å². The highest BCUT2D eigenvalue weighted by Gasteiger charge is 2.31. The average molecular weight is 287 g/mol. The Kier molecular flexibility index (Phi) is 4.13. The van der Waals surface area contributed by atoms with Gasteiger partial charge in [0.2, 0.25) is 0 Å². The summed E-state index contributed by atoms with van der Waals surface area (Å²) in [6.45, 7) is 2.29. The average Bonchev–Trinajstić information content (AvgIpc) is 2.73. The minimum atomic E-state index is -4.55. The number of alkyl halides is 3. The highest BCUT2D eigenvalue weighted by Crippen LogP contribution is 2.30. The molecule has 0 saturated carbocycles. The smallest absolute Gasteiger partial charge is 0.416 e. The van der Waals surface area contributed by atoms with E-state index >= 15 is 0 Å². The van der Waals surface area contributed by atoms with E-state index in [4.69, 9.17) is 4.42 Å². The molecule has 0 radical (unpaired) electrons. The second-order valence-electron chi connectivity index (χ2n) is 4.46. The number of nitrogens with one attached hydrogen (secondary N) is 1. The summed E-state index contributed by atoms with van der Waals surface area (Å²) in [6, 6.07) is 6.06. The Labute approximate surface area is 113 Å². The second-order valence-corrected chi connectivity index (χ2v) is 4.46. The maximum atomic E-state index is 13.2. The maximum absolute atomic E-state index is 13.2. The van der Waals surface area contributed by atoms with E-state index in [1.807, 2.05) is 0 Å². The predicted octanol–water partition coefficient (Wildman–Crippen LogP) is 4.04. The predicted molar refractivity (Wildman–Crippen MR) is 65.4 cm³/mol. The SMILES string of the molecule is Cc1ccc(CNCc2cc(F)cc(C(F)(F)F)c2)o1. The van der Waals surface area contributed by atoms with Crippen molar-refractivity contribution in [2.24, 2.45) is 0 Å². The van der Waals surface area contributed by atoms with E-state index in [-0.39, 0.29) is 12.1 Å². The van der Waals surface area contributed by atoms with Crippen LogP contribution in [-0.4, -0.2) is 0 Å². The van der Waals surface area contributed by atoms with Gasteiger partial charge in [0.1, 0.15) is 17.3 Å². The lowest BCUT2D eigenvalue weighted by Crippen LogP contribution is -2.14. The molecule has 0 fully saturated rings. The third-order valence-corrected chi connectivity index (χ3v) is 2.71. The summed E-state index contributed by atoms with van der Waals surface area (Å²) in [5.74, 6) is 0.535. The van der Waals surface area contributed by atoms with E-state index in [1.54, 1.807) is 19.1 Å². The standard InChI is InChI=1S/C14H13F4NO/c1-9-2-3-13(20-9)8-19-7-10-4-11(14(16,17)18)6-12(15)5-10/h2-6,19H,7-8H2,1H3. The number of aryl methyl sites for hydroxylation is 1. The molecule has 0 aliphatic rings. The van der Waals surface area contributed by atoms with Crippen molar-refractivity contribution in [3.05, 3.63) is 58.8 Å². The molecular formula is C14H13F4NO. The minimum Gasteiger partial charge on any atom is -0.465 e. The molecule has 20 heavy (non-hydrogen) atoms. The molecule has 0 bridgehead atoms. The lowest BCUT2D eigenvalue weighted by atomic mass is 10.1. The van der Waals surface area contributed by atoms with Gasteiger partial charge in [-0.25, -0.2) is 4.39 Å². The van der Waals surface area contributed by atoms with Crippen molar-refractivity contribution < 1.29 is 22.0 Å². The summed E-state index contributed by atoms with van der Waals surface area (Å²) >= 11 is 0. The first-order chi connectivity index (χ1) is 9.34. The zero-order valence-corrected chi connectivity index (χ0v) is 10.7.